The van der Waals surface area contributed by atoms with Crippen molar-refractivity contribution in [2.24, 2.45) is 0 Å². The molecular formula is C25H30N6. The van der Waals surface area contributed by atoms with Gasteiger partial charge in [0.1, 0.15) is 0 Å². The van der Waals surface area contributed by atoms with Gasteiger partial charge in [0.05, 0.1) is 17.3 Å². The van der Waals surface area contributed by atoms with Gasteiger partial charge in [0.25, 0.3) is 0 Å². The van der Waals surface area contributed by atoms with Crippen LogP contribution in [0.2, 0.25) is 0 Å². The van der Waals surface area contributed by atoms with Gasteiger partial charge in [0.15, 0.2) is 0 Å². The summed E-state index contributed by atoms with van der Waals surface area (Å²) < 4.78 is 0. The molecule has 1 fully saturated rings. The van der Waals surface area contributed by atoms with E-state index in [-0.39, 0.29) is 11.1 Å². The molecule has 4 rings (SSSR count). The lowest BCUT2D eigenvalue weighted by molar-refractivity contribution is 0.170. The number of nitrogens with one attached hydrogen (secondary N) is 3. The van der Waals surface area contributed by atoms with E-state index in [0.717, 1.165) is 40.6 Å². The highest BCUT2D eigenvalue weighted by Crippen LogP contribution is 2.32. The molecule has 3 N–H and O–H groups in total. The Morgan fingerprint density at radius 3 is 2.65 bits per heavy atom. The summed E-state index contributed by atoms with van der Waals surface area (Å²) in [6.45, 7) is 10.8. The summed E-state index contributed by atoms with van der Waals surface area (Å²) in [7, 11) is 0. The average molecular weight is 415 g/mol. The Bertz CT molecular complexity index is 1160. The minimum atomic E-state index is 0.0549. The van der Waals surface area contributed by atoms with Gasteiger partial charge >= 0.3 is 0 Å². The maximum Gasteiger partial charge on any atom is 0.223 e. The van der Waals surface area contributed by atoms with Crippen molar-refractivity contribution in [2.75, 3.05) is 5.32 Å². The molecule has 0 unspecified atom stereocenters. The Hall–Kier alpha value is -3.17. The number of anilines is 1. The van der Waals surface area contributed by atoms with E-state index < -0.39 is 0 Å². The van der Waals surface area contributed by atoms with E-state index in [2.05, 4.69) is 60.4 Å². The Kier molecular flexibility index (Phi) is 5.32. The molecule has 2 aromatic heterocycles. The predicted octanol–water partition coefficient (Wildman–Crippen LogP) is 5.27. The number of hydrogen-bond donors (Lipinski definition) is 3. The van der Waals surface area contributed by atoms with Gasteiger partial charge in [-0.15, -0.1) is 0 Å². The number of fused-ring (bicyclic) bond motifs is 1. The molecule has 1 aliphatic rings. The zero-order valence-electron chi connectivity index (χ0n) is 18.9. The molecule has 0 amide bonds. The molecule has 1 aliphatic heterocycles. The minimum Gasteiger partial charge on any atom is -0.360 e. The number of aromatic amines is 1. The van der Waals surface area contributed by atoms with Crippen molar-refractivity contribution < 1.29 is 0 Å². The summed E-state index contributed by atoms with van der Waals surface area (Å²) >= 11 is 0. The fourth-order valence-electron chi connectivity index (χ4n) is 4.96. The van der Waals surface area contributed by atoms with E-state index in [1.54, 1.807) is 0 Å². The first-order chi connectivity index (χ1) is 14.7. The van der Waals surface area contributed by atoms with Crippen molar-refractivity contribution in [1.29, 1.82) is 5.26 Å². The first-order valence-electron chi connectivity index (χ1n) is 10.7. The average Bonchev–Trinajstić information content (AvgIpc) is 3.11. The smallest absolute Gasteiger partial charge is 0.223 e. The Balaban J connectivity index is 1.64. The van der Waals surface area contributed by atoms with Crippen LogP contribution in [0.4, 0.5) is 5.95 Å². The molecule has 0 bridgehead atoms. The highest BCUT2D eigenvalue weighted by Gasteiger charge is 2.37. The molecule has 0 radical (unpaired) electrons. The van der Waals surface area contributed by atoms with Crippen molar-refractivity contribution >= 4 is 22.9 Å². The lowest BCUT2D eigenvalue weighted by Gasteiger charge is -2.46. The maximum absolute atomic E-state index is 9.12. The van der Waals surface area contributed by atoms with Crippen molar-refractivity contribution in [3.8, 4) is 17.3 Å². The second-order valence-corrected chi connectivity index (χ2v) is 9.82. The molecule has 3 aromatic rings. The van der Waals surface area contributed by atoms with Gasteiger partial charge in [0.2, 0.25) is 5.95 Å². The van der Waals surface area contributed by atoms with Crippen LogP contribution in [0.3, 0.4) is 0 Å². The lowest BCUT2D eigenvalue weighted by Crippen LogP contribution is -2.60. The van der Waals surface area contributed by atoms with Gasteiger partial charge in [-0.2, -0.15) is 5.26 Å². The van der Waals surface area contributed by atoms with Crippen LogP contribution >= 0.6 is 0 Å². The van der Waals surface area contributed by atoms with Crippen molar-refractivity contribution in [1.82, 2.24) is 20.3 Å². The number of para-hydroxylation sites is 1. The molecule has 160 valence electrons. The zero-order valence-corrected chi connectivity index (χ0v) is 18.9. The number of aromatic nitrogens is 3. The highest BCUT2D eigenvalue weighted by molar-refractivity contribution is 5.99. The first kappa shape index (κ1) is 21.1. The largest absolute Gasteiger partial charge is 0.360 e. The van der Waals surface area contributed by atoms with Gasteiger partial charge in [-0.3, -0.25) is 0 Å². The topological polar surface area (TPSA) is 89.4 Å². The van der Waals surface area contributed by atoms with Crippen LogP contribution in [0.15, 0.2) is 42.2 Å². The van der Waals surface area contributed by atoms with Gasteiger partial charge < -0.3 is 15.6 Å². The molecule has 6 nitrogen and oxygen atoms in total. The van der Waals surface area contributed by atoms with E-state index in [9.17, 15) is 0 Å². The number of hydrogen-bond acceptors (Lipinski definition) is 5. The summed E-state index contributed by atoms with van der Waals surface area (Å²) in [5.41, 5.74) is 4.67. The zero-order chi connectivity index (χ0) is 22.2. The molecule has 0 saturated carbocycles. The van der Waals surface area contributed by atoms with Gasteiger partial charge in [0, 0.05) is 46.0 Å². The summed E-state index contributed by atoms with van der Waals surface area (Å²) in [5.74, 6) is 0.654. The number of H-pyrrole nitrogens is 1. The third-order valence-electron chi connectivity index (χ3n) is 5.75. The number of benzene rings is 1. The monoisotopic (exact) mass is 414 g/mol. The van der Waals surface area contributed by atoms with Crippen molar-refractivity contribution in [3.05, 3.63) is 47.8 Å². The molecular weight excluding hydrogens is 384 g/mol. The van der Waals surface area contributed by atoms with Crippen LogP contribution in [-0.2, 0) is 0 Å². The number of piperidine rings is 1. The summed E-state index contributed by atoms with van der Waals surface area (Å²) in [6.07, 6.45) is 7.70. The van der Waals surface area contributed by atoms with Crippen LogP contribution in [-0.4, -0.2) is 32.1 Å². The Labute approximate surface area is 183 Å². The second kappa shape index (κ2) is 7.82. The van der Waals surface area contributed by atoms with Crippen LogP contribution in [0.5, 0.6) is 0 Å². The first-order valence-corrected chi connectivity index (χ1v) is 10.7. The molecule has 31 heavy (non-hydrogen) atoms. The molecule has 1 aromatic carbocycles. The molecule has 6 heteroatoms. The predicted molar refractivity (Wildman–Crippen MR) is 127 cm³/mol. The van der Waals surface area contributed by atoms with Crippen LogP contribution in [0, 0.1) is 11.3 Å². The van der Waals surface area contributed by atoms with Crippen molar-refractivity contribution in [3.63, 3.8) is 0 Å². The molecule has 0 atom stereocenters. The van der Waals surface area contributed by atoms with Crippen LogP contribution in [0.1, 0.15) is 53.0 Å². The van der Waals surface area contributed by atoms with E-state index in [4.69, 9.17) is 10.2 Å². The van der Waals surface area contributed by atoms with Gasteiger partial charge in [-0.1, -0.05) is 18.2 Å². The number of allylic oxidation sites excluding steroid dienone is 1. The summed E-state index contributed by atoms with van der Waals surface area (Å²) in [4.78, 5) is 12.7. The number of rotatable bonds is 4. The maximum atomic E-state index is 9.12. The lowest BCUT2D eigenvalue weighted by atomic mass is 9.80. The van der Waals surface area contributed by atoms with E-state index in [1.807, 2.05) is 43.6 Å². The molecule has 0 aliphatic carbocycles. The quantitative estimate of drug-likeness (QED) is 0.506. The Morgan fingerprint density at radius 2 is 1.94 bits per heavy atom. The Morgan fingerprint density at radius 1 is 1.19 bits per heavy atom. The fourth-order valence-corrected chi connectivity index (χ4v) is 4.96. The molecule has 3 heterocycles. The normalized spacial score (nSPS) is 18.6. The minimum absolute atomic E-state index is 0.0549. The third kappa shape index (κ3) is 4.62. The second-order valence-electron chi connectivity index (χ2n) is 9.82. The van der Waals surface area contributed by atoms with E-state index in [1.165, 1.54) is 0 Å². The third-order valence-corrected chi connectivity index (χ3v) is 5.75. The fraction of sp³-hybridized carbons (Fsp3) is 0.400. The van der Waals surface area contributed by atoms with Crippen LogP contribution in [0.25, 0.3) is 28.2 Å². The SMILES string of the molecule is C/C(C#N)=C\c1cccc2c(-c3ccnc(NC4CC(C)(C)NC(C)(C)C4)n3)c[nH]c12. The van der Waals surface area contributed by atoms with E-state index in [0.29, 0.717) is 17.6 Å². The van der Waals surface area contributed by atoms with Gasteiger partial charge in [-0.25, -0.2) is 9.97 Å². The highest BCUT2D eigenvalue weighted by atomic mass is 15.1. The van der Waals surface area contributed by atoms with Crippen LogP contribution < -0.4 is 10.6 Å². The van der Waals surface area contributed by atoms with Gasteiger partial charge in [-0.05, 0) is 65.2 Å². The summed E-state index contributed by atoms with van der Waals surface area (Å²) in [5, 5.41) is 17.5. The summed E-state index contributed by atoms with van der Waals surface area (Å²) in [6, 6.07) is 10.5. The van der Waals surface area contributed by atoms with Crippen molar-refractivity contribution in [2.45, 2.75) is 64.6 Å². The number of nitrogens with zero attached hydrogens (tertiary/aromatic N) is 3. The molecule has 1 saturated heterocycles. The van der Waals surface area contributed by atoms with E-state index >= 15 is 0 Å². The molecule has 0 spiro atoms. The number of nitriles is 1. The standard InChI is InChI=1S/C25H30N6/c1-16(14-26)11-17-7-6-8-19-20(15-28-22(17)19)21-9-10-27-23(30-21)29-18-12-24(2,3)31-25(4,5)13-18/h6-11,15,18,28,31H,12-13H2,1-5H3,(H,27,29,30)/b16-11+.